The average Bonchev–Trinajstić information content (AvgIpc) is 3.43. The van der Waals surface area contributed by atoms with E-state index in [-0.39, 0.29) is 34.6 Å². The first kappa shape index (κ1) is 23.3. The van der Waals surface area contributed by atoms with Crippen molar-refractivity contribution in [3.05, 3.63) is 53.1 Å². The third kappa shape index (κ3) is 4.12. The number of nitrogens with one attached hydrogen (secondary N) is 1. The van der Waals surface area contributed by atoms with Crippen LogP contribution in [0.3, 0.4) is 0 Å². The number of methoxy groups -OCH3 is 1. The van der Waals surface area contributed by atoms with Crippen molar-refractivity contribution in [3.63, 3.8) is 0 Å². The Morgan fingerprint density at radius 1 is 1.09 bits per heavy atom. The van der Waals surface area contributed by atoms with Crippen molar-refractivity contribution in [2.24, 2.45) is 0 Å². The molecule has 1 saturated carbocycles. The van der Waals surface area contributed by atoms with Gasteiger partial charge >= 0.3 is 0 Å². The Hall–Kier alpha value is -2.42. The summed E-state index contributed by atoms with van der Waals surface area (Å²) in [7, 11) is -0.244. The number of likely N-dealkylation sites (N-methyl/N-ethyl adjacent to an activating group) is 1. The van der Waals surface area contributed by atoms with Gasteiger partial charge in [0.2, 0.25) is 10.0 Å². The summed E-state index contributed by atoms with van der Waals surface area (Å²) < 4.78 is 34.7. The number of rotatable bonds is 5. The Bertz CT molecular complexity index is 1210. The highest BCUT2D eigenvalue weighted by Gasteiger charge is 2.44. The van der Waals surface area contributed by atoms with Crippen LogP contribution in [0, 0.1) is 6.92 Å². The van der Waals surface area contributed by atoms with Gasteiger partial charge in [0.15, 0.2) is 0 Å². The Kier molecular flexibility index (Phi) is 6.16. The molecule has 2 aliphatic heterocycles. The third-order valence-electron chi connectivity index (χ3n) is 7.55. The van der Waals surface area contributed by atoms with Crippen LogP contribution >= 0.6 is 0 Å². The Labute approximate surface area is 202 Å². The summed E-state index contributed by atoms with van der Waals surface area (Å²) in [6.07, 6.45) is 4.59. The van der Waals surface area contributed by atoms with E-state index >= 15 is 0 Å². The predicted molar refractivity (Wildman–Crippen MR) is 132 cm³/mol. The molecule has 2 aromatic rings. The second kappa shape index (κ2) is 8.98. The molecule has 1 saturated heterocycles. The standard InChI is InChI=1S/C26H33N3O4S/c1-17-8-10-22-20(14-17)21-16-28(2)13-12-23(21)29(22)26(30)18-9-11-24(33-3)25(15-18)34(31,32)27-19-6-4-5-7-19/h8-11,14-15,19,21,23,27H,4-7,12-13,16H2,1-3H3/t21-,23-/m0/s1. The van der Waals surface area contributed by atoms with Crippen LogP contribution in [0.2, 0.25) is 0 Å². The van der Waals surface area contributed by atoms with Gasteiger partial charge in [-0.15, -0.1) is 0 Å². The van der Waals surface area contributed by atoms with Crippen LogP contribution < -0.4 is 14.4 Å². The number of carbonyl (C=O) groups is 1. The maximum Gasteiger partial charge on any atom is 0.258 e. The number of aryl methyl sites for hydroxylation is 1. The van der Waals surface area contributed by atoms with Gasteiger partial charge in [0.05, 0.1) is 7.11 Å². The number of likely N-dealkylation sites (tertiary alicyclic amines) is 1. The lowest BCUT2D eigenvalue weighted by molar-refractivity contribution is 0.0964. The number of carbonyl (C=O) groups excluding carboxylic acids is 1. The molecule has 34 heavy (non-hydrogen) atoms. The Morgan fingerprint density at radius 2 is 1.85 bits per heavy atom. The lowest BCUT2D eigenvalue weighted by Gasteiger charge is -2.36. The summed E-state index contributed by atoms with van der Waals surface area (Å²) in [6.45, 7) is 3.90. The number of nitrogens with zero attached hydrogens (tertiary/aromatic N) is 2. The van der Waals surface area contributed by atoms with Gasteiger partial charge in [-0.05, 0) is 69.6 Å². The average molecular weight is 484 g/mol. The van der Waals surface area contributed by atoms with E-state index in [1.54, 1.807) is 12.1 Å². The zero-order valence-corrected chi connectivity index (χ0v) is 20.9. The van der Waals surface area contributed by atoms with E-state index in [4.69, 9.17) is 4.74 Å². The van der Waals surface area contributed by atoms with E-state index in [9.17, 15) is 13.2 Å². The number of hydrogen-bond acceptors (Lipinski definition) is 5. The maximum absolute atomic E-state index is 13.9. The van der Waals surface area contributed by atoms with Crippen molar-refractivity contribution < 1.29 is 17.9 Å². The minimum Gasteiger partial charge on any atom is -0.495 e. The molecule has 0 aromatic heterocycles. The van der Waals surface area contributed by atoms with Crippen LogP contribution in [0.1, 0.15) is 59.5 Å². The van der Waals surface area contributed by atoms with E-state index in [1.807, 2.05) is 17.0 Å². The van der Waals surface area contributed by atoms with Gasteiger partial charge in [0, 0.05) is 35.8 Å². The summed E-state index contributed by atoms with van der Waals surface area (Å²) in [4.78, 5) is 18.1. The lowest BCUT2D eigenvalue weighted by atomic mass is 9.88. The topological polar surface area (TPSA) is 79.0 Å². The molecule has 0 unspecified atom stereocenters. The van der Waals surface area contributed by atoms with E-state index < -0.39 is 10.0 Å². The molecule has 182 valence electrons. The molecular formula is C26H33N3O4S. The van der Waals surface area contributed by atoms with E-state index in [0.29, 0.717) is 5.56 Å². The molecular weight excluding hydrogens is 450 g/mol. The van der Waals surface area contributed by atoms with E-state index in [0.717, 1.165) is 50.9 Å². The van der Waals surface area contributed by atoms with Gasteiger partial charge < -0.3 is 14.5 Å². The van der Waals surface area contributed by atoms with Crippen LogP contribution in [-0.2, 0) is 10.0 Å². The first-order valence-corrected chi connectivity index (χ1v) is 13.6. The number of hydrogen-bond donors (Lipinski definition) is 1. The molecule has 2 fully saturated rings. The van der Waals surface area contributed by atoms with E-state index in [1.165, 1.54) is 24.3 Å². The summed E-state index contributed by atoms with van der Waals surface area (Å²) in [6, 6.07) is 11.0. The number of fused-ring (bicyclic) bond motifs is 3. The van der Waals surface area contributed by atoms with Gasteiger partial charge in [-0.25, -0.2) is 13.1 Å². The lowest BCUT2D eigenvalue weighted by Crippen LogP contribution is -2.47. The fourth-order valence-corrected chi connectivity index (χ4v) is 7.33. The molecule has 5 rings (SSSR count). The molecule has 2 atom stereocenters. The number of benzene rings is 2. The molecule has 0 spiro atoms. The van der Waals surface area contributed by atoms with Gasteiger partial charge in [0.1, 0.15) is 10.6 Å². The van der Waals surface area contributed by atoms with E-state index in [2.05, 4.69) is 29.7 Å². The van der Waals surface area contributed by atoms with Crippen LogP contribution in [0.25, 0.3) is 0 Å². The number of piperidine rings is 1. The maximum atomic E-state index is 13.9. The summed E-state index contributed by atoms with van der Waals surface area (Å²) >= 11 is 0. The summed E-state index contributed by atoms with van der Waals surface area (Å²) in [5, 5.41) is 0. The zero-order valence-electron chi connectivity index (χ0n) is 20.1. The van der Waals surface area contributed by atoms with Crippen molar-refractivity contribution in [1.82, 2.24) is 9.62 Å². The Balaban J connectivity index is 1.52. The zero-order chi connectivity index (χ0) is 24.0. The Morgan fingerprint density at radius 3 is 2.59 bits per heavy atom. The number of anilines is 1. The van der Waals surface area contributed by atoms with Crippen LogP contribution in [0.15, 0.2) is 41.3 Å². The molecule has 2 aromatic carbocycles. The fourth-order valence-electron chi connectivity index (χ4n) is 5.83. The van der Waals surface area contributed by atoms with Crippen LogP contribution in [0.4, 0.5) is 5.69 Å². The molecule has 8 heteroatoms. The molecule has 3 aliphatic rings. The largest absolute Gasteiger partial charge is 0.495 e. The highest BCUT2D eigenvalue weighted by atomic mass is 32.2. The first-order chi connectivity index (χ1) is 16.3. The molecule has 7 nitrogen and oxygen atoms in total. The van der Waals surface area contributed by atoms with Crippen LogP contribution in [-0.4, -0.2) is 58.6 Å². The van der Waals surface area contributed by atoms with Gasteiger partial charge in [-0.2, -0.15) is 0 Å². The van der Waals surface area contributed by atoms with Crippen molar-refractivity contribution in [2.75, 3.05) is 32.1 Å². The van der Waals surface area contributed by atoms with Crippen molar-refractivity contribution >= 4 is 21.6 Å². The minimum atomic E-state index is -3.82. The first-order valence-electron chi connectivity index (χ1n) is 12.1. The minimum absolute atomic E-state index is 0.0241. The van der Waals surface area contributed by atoms with Gasteiger partial charge in [-0.3, -0.25) is 4.79 Å². The predicted octanol–water partition coefficient (Wildman–Crippen LogP) is 3.67. The van der Waals surface area contributed by atoms with Crippen LogP contribution in [0.5, 0.6) is 5.75 Å². The fraction of sp³-hybridized carbons (Fsp3) is 0.500. The highest BCUT2D eigenvalue weighted by Crippen LogP contribution is 2.45. The molecule has 2 heterocycles. The van der Waals surface area contributed by atoms with Crippen molar-refractivity contribution in [2.45, 2.75) is 61.9 Å². The molecule has 1 amide bonds. The second-order valence-corrected chi connectivity index (χ2v) is 11.6. The molecule has 1 N–H and O–H groups in total. The molecule has 0 radical (unpaired) electrons. The monoisotopic (exact) mass is 483 g/mol. The number of ether oxygens (including phenoxy) is 1. The third-order valence-corrected chi connectivity index (χ3v) is 9.09. The quantitative estimate of drug-likeness (QED) is 0.702. The molecule has 0 bridgehead atoms. The SMILES string of the molecule is COc1ccc(C(=O)N2c3ccc(C)cc3[C@@H]3CN(C)CC[C@@H]32)cc1S(=O)(=O)NC1CCCC1. The number of sulfonamides is 1. The van der Waals surface area contributed by atoms with Crippen molar-refractivity contribution in [1.29, 1.82) is 0 Å². The van der Waals surface area contributed by atoms with Gasteiger partial charge in [0.25, 0.3) is 5.91 Å². The van der Waals surface area contributed by atoms with Crippen molar-refractivity contribution in [3.8, 4) is 5.75 Å². The highest BCUT2D eigenvalue weighted by molar-refractivity contribution is 7.89. The van der Waals surface area contributed by atoms with Gasteiger partial charge in [-0.1, -0.05) is 30.5 Å². The summed E-state index contributed by atoms with van der Waals surface area (Å²) in [5.41, 5.74) is 3.67. The summed E-state index contributed by atoms with van der Waals surface area (Å²) in [5.74, 6) is 0.335. The second-order valence-electron chi connectivity index (χ2n) is 9.93. The normalized spacial score (nSPS) is 23.1. The molecule has 1 aliphatic carbocycles. The number of amides is 1. The smallest absolute Gasteiger partial charge is 0.258 e.